The topological polar surface area (TPSA) is 70.2 Å². The van der Waals surface area contributed by atoms with Gasteiger partial charge in [0.25, 0.3) is 0 Å². The number of amides is 2. The van der Waals surface area contributed by atoms with Crippen LogP contribution >= 0.6 is 0 Å². The molecule has 2 unspecified atom stereocenters. The highest BCUT2D eigenvalue weighted by atomic mass is 16.2. The molecule has 0 saturated carbocycles. The minimum atomic E-state index is -0.288. The van der Waals surface area contributed by atoms with Gasteiger partial charge in [0.1, 0.15) is 6.04 Å². The van der Waals surface area contributed by atoms with E-state index in [-0.39, 0.29) is 30.4 Å². The molecule has 2 atom stereocenters. The smallest absolute Gasteiger partial charge is 0.239 e. The van der Waals surface area contributed by atoms with Crippen LogP contribution < -0.4 is 16.0 Å². The zero-order valence-electron chi connectivity index (χ0n) is 11.4. The highest BCUT2D eigenvalue weighted by Crippen LogP contribution is 2.07. The largest absolute Gasteiger partial charge is 0.353 e. The van der Waals surface area contributed by atoms with Crippen LogP contribution in [0.2, 0.25) is 0 Å². The monoisotopic (exact) mass is 255 g/mol. The van der Waals surface area contributed by atoms with Gasteiger partial charge in [0, 0.05) is 12.6 Å². The van der Waals surface area contributed by atoms with Crippen molar-refractivity contribution in [2.24, 2.45) is 0 Å². The first kappa shape index (κ1) is 15.0. The number of unbranched alkanes of at least 4 members (excludes halogenated alkanes) is 1. The molecule has 3 N–H and O–H groups in total. The normalized spacial score (nSPS) is 21.2. The lowest BCUT2D eigenvalue weighted by Crippen LogP contribution is -2.59. The van der Waals surface area contributed by atoms with Crippen molar-refractivity contribution >= 4 is 11.8 Å². The summed E-state index contributed by atoms with van der Waals surface area (Å²) in [5, 5.41) is 8.73. The molecular weight excluding hydrogens is 230 g/mol. The molecule has 2 amide bonds. The van der Waals surface area contributed by atoms with Crippen LogP contribution in [0, 0.1) is 0 Å². The van der Waals surface area contributed by atoms with E-state index in [0.29, 0.717) is 6.54 Å². The van der Waals surface area contributed by atoms with Crippen molar-refractivity contribution < 1.29 is 9.59 Å². The Kier molecular flexibility index (Phi) is 6.72. The van der Waals surface area contributed by atoms with E-state index in [2.05, 4.69) is 29.8 Å². The van der Waals surface area contributed by atoms with Crippen LogP contribution in [-0.2, 0) is 9.59 Å². The van der Waals surface area contributed by atoms with Gasteiger partial charge in [-0.2, -0.15) is 0 Å². The third-order valence-electron chi connectivity index (χ3n) is 3.22. The summed E-state index contributed by atoms with van der Waals surface area (Å²) in [4.78, 5) is 23.0. The maximum Gasteiger partial charge on any atom is 0.239 e. The number of hydrogen-bond acceptors (Lipinski definition) is 3. The summed E-state index contributed by atoms with van der Waals surface area (Å²) in [6.45, 7) is 4.90. The number of piperazine rings is 1. The summed E-state index contributed by atoms with van der Waals surface area (Å²) < 4.78 is 0. The van der Waals surface area contributed by atoms with E-state index in [1.165, 1.54) is 0 Å². The van der Waals surface area contributed by atoms with Gasteiger partial charge < -0.3 is 10.6 Å². The van der Waals surface area contributed by atoms with Gasteiger partial charge in [0.2, 0.25) is 11.8 Å². The van der Waals surface area contributed by atoms with Gasteiger partial charge in [-0.3, -0.25) is 14.9 Å². The molecule has 1 rings (SSSR count). The Bertz CT molecular complexity index is 271. The molecule has 1 fully saturated rings. The average molecular weight is 255 g/mol. The van der Waals surface area contributed by atoms with Crippen molar-refractivity contribution in [3.05, 3.63) is 0 Å². The average Bonchev–Trinajstić information content (AvgIpc) is 2.37. The second-order valence-corrected chi connectivity index (χ2v) is 4.87. The van der Waals surface area contributed by atoms with E-state index in [9.17, 15) is 9.59 Å². The fraction of sp³-hybridized carbons (Fsp3) is 0.846. The van der Waals surface area contributed by atoms with Gasteiger partial charge in [0.15, 0.2) is 0 Å². The van der Waals surface area contributed by atoms with Crippen LogP contribution in [0.5, 0.6) is 0 Å². The Labute approximate surface area is 109 Å². The molecule has 1 saturated heterocycles. The zero-order chi connectivity index (χ0) is 13.4. The fourth-order valence-corrected chi connectivity index (χ4v) is 2.14. The van der Waals surface area contributed by atoms with Crippen LogP contribution in [0.15, 0.2) is 0 Å². The Morgan fingerprint density at radius 1 is 1.39 bits per heavy atom. The van der Waals surface area contributed by atoms with Crippen molar-refractivity contribution in [1.82, 2.24) is 16.0 Å². The van der Waals surface area contributed by atoms with E-state index in [1.54, 1.807) is 0 Å². The molecule has 0 spiro atoms. The fourth-order valence-electron chi connectivity index (χ4n) is 2.14. The van der Waals surface area contributed by atoms with Crippen LogP contribution in [-0.4, -0.2) is 37.0 Å². The molecule has 1 heterocycles. The first-order valence-corrected chi connectivity index (χ1v) is 6.97. The minimum Gasteiger partial charge on any atom is -0.353 e. The standard InChI is InChI=1S/C13H25N3O2/c1-3-5-7-10(6-4-2)16-13(18)11-8-15-12(17)9-14-11/h10-11,14H,3-9H2,1-2H3,(H,15,17)(H,16,18). The van der Waals surface area contributed by atoms with Gasteiger partial charge >= 0.3 is 0 Å². The quantitative estimate of drug-likeness (QED) is 0.622. The van der Waals surface area contributed by atoms with Gasteiger partial charge in [-0.25, -0.2) is 0 Å². The van der Waals surface area contributed by atoms with Crippen molar-refractivity contribution in [2.45, 2.75) is 58.0 Å². The van der Waals surface area contributed by atoms with Crippen LogP contribution in [0.1, 0.15) is 46.0 Å². The minimum absolute atomic E-state index is 0.00422. The molecule has 0 aromatic rings. The summed E-state index contributed by atoms with van der Waals surface area (Å²) in [5.74, 6) is -0.0419. The summed E-state index contributed by atoms with van der Waals surface area (Å²) in [6.07, 6.45) is 5.41. The number of rotatable bonds is 7. The summed E-state index contributed by atoms with van der Waals surface area (Å²) in [5.41, 5.74) is 0. The molecule has 0 bridgehead atoms. The van der Waals surface area contributed by atoms with Crippen LogP contribution in [0.25, 0.3) is 0 Å². The van der Waals surface area contributed by atoms with Gasteiger partial charge in [-0.15, -0.1) is 0 Å². The molecule has 1 aliphatic heterocycles. The zero-order valence-corrected chi connectivity index (χ0v) is 11.4. The molecule has 18 heavy (non-hydrogen) atoms. The van der Waals surface area contributed by atoms with E-state index < -0.39 is 0 Å². The van der Waals surface area contributed by atoms with Gasteiger partial charge in [-0.05, 0) is 12.8 Å². The third-order valence-corrected chi connectivity index (χ3v) is 3.22. The maximum atomic E-state index is 12.0. The Hall–Kier alpha value is -1.10. The first-order chi connectivity index (χ1) is 8.67. The molecule has 0 aliphatic carbocycles. The van der Waals surface area contributed by atoms with Crippen LogP contribution in [0.3, 0.4) is 0 Å². The van der Waals surface area contributed by atoms with Gasteiger partial charge in [-0.1, -0.05) is 33.1 Å². The SMILES string of the molecule is CCCCC(CCC)NC(=O)C1CNC(=O)CN1. The molecule has 0 aromatic carbocycles. The Morgan fingerprint density at radius 2 is 2.17 bits per heavy atom. The molecular formula is C13H25N3O2. The van der Waals surface area contributed by atoms with E-state index in [0.717, 1.165) is 32.1 Å². The van der Waals surface area contributed by atoms with Crippen LogP contribution in [0.4, 0.5) is 0 Å². The predicted octanol–water partition coefficient (Wildman–Crippen LogP) is 0.550. The Morgan fingerprint density at radius 3 is 2.72 bits per heavy atom. The maximum absolute atomic E-state index is 12.0. The molecule has 1 aliphatic rings. The molecule has 0 radical (unpaired) electrons. The number of nitrogens with one attached hydrogen (secondary N) is 3. The lowest BCUT2D eigenvalue weighted by molar-refractivity contribution is -0.127. The summed E-state index contributed by atoms with van der Waals surface area (Å²) in [6, 6.07) is -0.0226. The second-order valence-electron chi connectivity index (χ2n) is 4.87. The summed E-state index contributed by atoms with van der Waals surface area (Å²) >= 11 is 0. The number of carbonyl (C=O) groups is 2. The van der Waals surface area contributed by atoms with Gasteiger partial charge in [0.05, 0.1) is 6.54 Å². The van der Waals surface area contributed by atoms with Crippen molar-refractivity contribution in [3.8, 4) is 0 Å². The van der Waals surface area contributed by atoms with Crippen molar-refractivity contribution in [2.75, 3.05) is 13.1 Å². The molecule has 5 heteroatoms. The van der Waals surface area contributed by atoms with Crippen molar-refractivity contribution in [3.63, 3.8) is 0 Å². The molecule has 0 aromatic heterocycles. The highest BCUT2D eigenvalue weighted by Gasteiger charge is 2.25. The van der Waals surface area contributed by atoms with E-state index in [1.807, 2.05) is 0 Å². The van der Waals surface area contributed by atoms with E-state index in [4.69, 9.17) is 0 Å². The van der Waals surface area contributed by atoms with E-state index >= 15 is 0 Å². The Balaban J connectivity index is 2.37. The number of carbonyl (C=O) groups excluding carboxylic acids is 2. The lowest BCUT2D eigenvalue weighted by atomic mass is 10.0. The predicted molar refractivity (Wildman–Crippen MR) is 71.2 cm³/mol. The first-order valence-electron chi connectivity index (χ1n) is 6.97. The third kappa shape index (κ3) is 5.04. The number of hydrogen-bond donors (Lipinski definition) is 3. The molecule has 5 nitrogen and oxygen atoms in total. The lowest BCUT2D eigenvalue weighted by Gasteiger charge is -2.26. The second kappa shape index (κ2) is 8.08. The summed E-state index contributed by atoms with van der Waals surface area (Å²) in [7, 11) is 0. The highest BCUT2D eigenvalue weighted by molar-refractivity contribution is 5.86. The molecule has 104 valence electrons. The van der Waals surface area contributed by atoms with Crippen molar-refractivity contribution in [1.29, 1.82) is 0 Å².